The van der Waals surface area contributed by atoms with E-state index in [0.717, 1.165) is 56.1 Å². The van der Waals surface area contributed by atoms with Gasteiger partial charge in [0, 0.05) is 11.1 Å². The molecule has 0 aliphatic carbocycles. The van der Waals surface area contributed by atoms with Gasteiger partial charge in [-0.1, -0.05) is 88.8 Å². The van der Waals surface area contributed by atoms with E-state index in [9.17, 15) is 8.78 Å². The third-order valence-corrected chi connectivity index (χ3v) is 7.75. The largest absolute Gasteiger partial charge is 0.490 e. The molecule has 0 bridgehead atoms. The first-order valence-corrected chi connectivity index (χ1v) is 14.6. The van der Waals surface area contributed by atoms with Crippen LogP contribution in [-0.2, 0) is 4.74 Å². The predicted molar refractivity (Wildman–Crippen MR) is 152 cm³/mol. The fourth-order valence-electron chi connectivity index (χ4n) is 5.43. The molecule has 0 saturated carbocycles. The standard InChI is InChI=1S/C34H41F3O2/c1-3-5-6-7-8-9-21-38-32-20-18-28(33(36)34(32)37)26-14-12-25(13-15-26)27-16-17-29(30(35)22-27)31-19-11-24(10-4-2)23-39-31/h12-18,20,22,24,31H,3-11,19,21,23H2,1-2H3. The predicted octanol–water partition coefficient (Wildman–Crippen LogP) is 10.4. The zero-order valence-electron chi connectivity index (χ0n) is 23.3. The molecule has 39 heavy (non-hydrogen) atoms. The van der Waals surface area contributed by atoms with Gasteiger partial charge in [0.05, 0.1) is 19.3 Å². The first-order chi connectivity index (χ1) is 19.0. The van der Waals surface area contributed by atoms with Crippen LogP contribution in [0.25, 0.3) is 22.3 Å². The SMILES string of the molecule is CCCCCCCCOc1ccc(-c2ccc(-c3ccc(C4CCC(CCC)CO4)c(F)c3)cc2)c(F)c1F. The first-order valence-electron chi connectivity index (χ1n) is 14.6. The van der Waals surface area contributed by atoms with Crippen molar-refractivity contribution in [2.45, 2.75) is 84.2 Å². The summed E-state index contributed by atoms with van der Waals surface area (Å²) in [5.41, 5.74) is 2.85. The van der Waals surface area contributed by atoms with Gasteiger partial charge in [0.1, 0.15) is 5.82 Å². The van der Waals surface area contributed by atoms with Gasteiger partial charge >= 0.3 is 0 Å². The van der Waals surface area contributed by atoms with Crippen molar-refractivity contribution >= 4 is 0 Å². The van der Waals surface area contributed by atoms with Crippen molar-refractivity contribution in [2.75, 3.05) is 13.2 Å². The van der Waals surface area contributed by atoms with E-state index in [0.29, 0.717) is 30.3 Å². The molecule has 3 aromatic carbocycles. The van der Waals surface area contributed by atoms with Crippen LogP contribution in [0.4, 0.5) is 13.2 Å². The number of benzene rings is 3. The number of hydrogen-bond acceptors (Lipinski definition) is 2. The van der Waals surface area contributed by atoms with Crippen molar-refractivity contribution in [2.24, 2.45) is 5.92 Å². The van der Waals surface area contributed by atoms with Gasteiger partial charge in [0.15, 0.2) is 11.6 Å². The van der Waals surface area contributed by atoms with E-state index in [4.69, 9.17) is 9.47 Å². The minimum absolute atomic E-state index is 0.0557. The summed E-state index contributed by atoms with van der Waals surface area (Å²) in [5.74, 6) is -1.65. The summed E-state index contributed by atoms with van der Waals surface area (Å²) in [5, 5.41) is 0. The Labute approximate surface area is 231 Å². The van der Waals surface area contributed by atoms with Crippen molar-refractivity contribution in [1.82, 2.24) is 0 Å². The summed E-state index contributed by atoms with van der Waals surface area (Å²) in [4.78, 5) is 0. The van der Waals surface area contributed by atoms with E-state index in [-0.39, 0.29) is 23.2 Å². The summed E-state index contributed by atoms with van der Waals surface area (Å²) in [6, 6.07) is 15.3. The zero-order chi connectivity index (χ0) is 27.6. The third kappa shape index (κ3) is 7.66. The molecule has 0 aromatic heterocycles. The topological polar surface area (TPSA) is 18.5 Å². The molecule has 1 aliphatic rings. The minimum atomic E-state index is -0.967. The fraction of sp³-hybridized carbons (Fsp3) is 0.471. The summed E-state index contributed by atoms with van der Waals surface area (Å²) >= 11 is 0. The van der Waals surface area contributed by atoms with E-state index in [1.54, 1.807) is 30.3 Å². The summed E-state index contributed by atoms with van der Waals surface area (Å²) in [6.07, 6.45) is 10.6. The van der Waals surface area contributed by atoms with Gasteiger partial charge in [-0.15, -0.1) is 0 Å². The molecule has 0 amide bonds. The number of hydrogen-bond donors (Lipinski definition) is 0. The van der Waals surface area contributed by atoms with Gasteiger partial charge in [0.2, 0.25) is 5.82 Å². The highest BCUT2D eigenvalue weighted by molar-refractivity contribution is 5.71. The van der Waals surface area contributed by atoms with Gasteiger partial charge in [-0.05, 0) is 66.5 Å². The molecule has 1 fully saturated rings. The second-order valence-corrected chi connectivity index (χ2v) is 10.7. The molecular formula is C34H41F3O2. The van der Waals surface area contributed by atoms with Crippen molar-refractivity contribution in [1.29, 1.82) is 0 Å². The molecule has 2 unspecified atom stereocenters. The molecule has 0 N–H and O–H groups in total. The quantitative estimate of drug-likeness (QED) is 0.202. The van der Waals surface area contributed by atoms with Crippen molar-refractivity contribution in [3.8, 4) is 28.0 Å². The van der Waals surface area contributed by atoms with Crippen LogP contribution >= 0.6 is 0 Å². The van der Waals surface area contributed by atoms with E-state index in [2.05, 4.69) is 13.8 Å². The van der Waals surface area contributed by atoms with Crippen LogP contribution in [0.3, 0.4) is 0 Å². The Hall–Kier alpha value is -2.79. The van der Waals surface area contributed by atoms with Crippen LogP contribution in [0, 0.1) is 23.4 Å². The maximum absolute atomic E-state index is 15.0. The Bertz CT molecular complexity index is 1180. The fourth-order valence-corrected chi connectivity index (χ4v) is 5.43. The summed E-state index contributed by atoms with van der Waals surface area (Å²) in [7, 11) is 0. The van der Waals surface area contributed by atoms with Gasteiger partial charge < -0.3 is 9.47 Å². The van der Waals surface area contributed by atoms with Gasteiger partial charge in [-0.25, -0.2) is 8.78 Å². The maximum Gasteiger partial charge on any atom is 0.201 e. The van der Waals surface area contributed by atoms with Crippen LogP contribution in [0.5, 0.6) is 5.75 Å². The van der Waals surface area contributed by atoms with E-state index in [1.807, 2.05) is 12.1 Å². The Kier molecular flexibility index (Phi) is 10.9. The normalized spacial score (nSPS) is 17.4. The Morgan fingerprint density at radius 2 is 1.46 bits per heavy atom. The Morgan fingerprint density at radius 1 is 0.744 bits per heavy atom. The lowest BCUT2D eigenvalue weighted by Gasteiger charge is -2.29. The lowest BCUT2D eigenvalue weighted by Crippen LogP contribution is -2.21. The van der Waals surface area contributed by atoms with E-state index < -0.39 is 11.6 Å². The number of halogens is 3. The molecular weight excluding hydrogens is 497 g/mol. The van der Waals surface area contributed by atoms with Gasteiger partial charge in [-0.2, -0.15) is 4.39 Å². The minimum Gasteiger partial charge on any atom is -0.490 e. The van der Waals surface area contributed by atoms with Crippen LogP contribution in [0.1, 0.15) is 89.7 Å². The molecule has 4 rings (SSSR count). The van der Waals surface area contributed by atoms with Gasteiger partial charge in [-0.3, -0.25) is 0 Å². The first kappa shape index (κ1) is 29.2. The monoisotopic (exact) mass is 538 g/mol. The van der Waals surface area contributed by atoms with Crippen molar-refractivity contribution in [3.63, 3.8) is 0 Å². The van der Waals surface area contributed by atoms with E-state index >= 15 is 4.39 Å². The number of ether oxygens (including phenoxy) is 2. The Balaban J connectivity index is 1.38. The molecule has 1 saturated heterocycles. The molecule has 2 atom stereocenters. The second kappa shape index (κ2) is 14.6. The molecule has 1 aliphatic heterocycles. The number of unbranched alkanes of at least 4 members (excludes halogenated alkanes) is 5. The van der Waals surface area contributed by atoms with Crippen LogP contribution in [0.15, 0.2) is 54.6 Å². The van der Waals surface area contributed by atoms with Crippen LogP contribution in [-0.4, -0.2) is 13.2 Å². The Morgan fingerprint density at radius 3 is 2.15 bits per heavy atom. The van der Waals surface area contributed by atoms with Crippen LogP contribution < -0.4 is 4.74 Å². The highest BCUT2D eigenvalue weighted by Crippen LogP contribution is 2.36. The van der Waals surface area contributed by atoms with Crippen molar-refractivity contribution in [3.05, 3.63) is 77.6 Å². The van der Waals surface area contributed by atoms with Gasteiger partial charge in [0.25, 0.3) is 0 Å². The average Bonchev–Trinajstić information content (AvgIpc) is 2.95. The maximum atomic E-state index is 15.0. The van der Waals surface area contributed by atoms with Crippen LogP contribution in [0.2, 0.25) is 0 Å². The summed E-state index contributed by atoms with van der Waals surface area (Å²) < 4.78 is 56.2. The zero-order valence-corrected chi connectivity index (χ0v) is 23.3. The third-order valence-electron chi connectivity index (χ3n) is 7.75. The molecule has 1 heterocycles. The number of rotatable bonds is 13. The molecule has 0 spiro atoms. The highest BCUT2D eigenvalue weighted by Gasteiger charge is 2.25. The molecule has 2 nitrogen and oxygen atoms in total. The second-order valence-electron chi connectivity index (χ2n) is 10.7. The lowest BCUT2D eigenvalue weighted by molar-refractivity contribution is -0.0211. The average molecular weight is 539 g/mol. The lowest BCUT2D eigenvalue weighted by atomic mass is 9.91. The summed E-state index contributed by atoms with van der Waals surface area (Å²) in [6.45, 7) is 5.41. The smallest absolute Gasteiger partial charge is 0.201 e. The molecule has 210 valence electrons. The molecule has 3 aromatic rings. The highest BCUT2D eigenvalue weighted by atomic mass is 19.2. The molecule has 0 radical (unpaired) electrons. The van der Waals surface area contributed by atoms with Crippen molar-refractivity contribution < 1.29 is 22.6 Å². The van der Waals surface area contributed by atoms with E-state index in [1.165, 1.54) is 31.4 Å². The molecule has 5 heteroatoms.